The monoisotopic (exact) mass is 122 g/mol. The molecule has 0 spiro atoms. The van der Waals surface area contributed by atoms with Crippen LogP contribution in [0.1, 0.15) is 31.0 Å². The Morgan fingerprint density at radius 3 is 2.89 bits per heavy atom. The fourth-order valence-corrected chi connectivity index (χ4v) is 1.04. The highest BCUT2D eigenvalue weighted by Crippen LogP contribution is 2.33. The van der Waals surface area contributed by atoms with Crippen molar-refractivity contribution >= 4 is 0 Å². The van der Waals surface area contributed by atoms with Crippen molar-refractivity contribution in [3.63, 3.8) is 0 Å². The molecule has 1 radical (unpaired) electrons. The molecule has 1 aromatic heterocycles. The number of H-pyrrole nitrogens is 1. The Balaban J connectivity index is 2.14. The molecule has 0 saturated heterocycles. The summed E-state index contributed by atoms with van der Waals surface area (Å²) in [7, 11) is 0. The van der Waals surface area contributed by atoms with Gasteiger partial charge < -0.3 is 0 Å². The van der Waals surface area contributed by atoms with E-state index in [0.717, 1.165) is 5.82 Å². The molecule has 1 aromatic rings. The van der Waals surface area contributed by atoms with Crippen LogP contribution >= 0.6 is 0 Å². The zero-order valence-corrected chi connectivity index (χ0v) is 5.09. The van der Waals surface area contributed by atoms with Gasteiger partial charge in [0.1, 0.15) is 0 Å². The first-order valence-corrected chi connectivity index (χ1v) is 3.25. The fourth-order valence-electron chi connectivity index (χ4n) is 1.04. The SMILES string of the molecule is [c]1nc(C2CCC2)n[nH]1. The van der Waals surface area contributed by atoms with E-state index in [9.17, 15) is 0 Å². The summed E-state index contributed by atoms with van der Waals surface area (Å²) in [6, 6.07) is 0. The molecule has 1 N–H and O–H groups in total. The van der Waals surface area contributed by atoms with Gasteiger partial charge in [-0.3, -0.25) is 5.10 Å². The zero-order chi connectivity index (χ0) is 6.10. The molecule has 0 aromatic carbocycles. The lowest BCUT2D eigenvalue weighted by Crippen LogP contribution is -2.10. The summed E-state index contributed by atoms with van der Waals surface area (Å²) in [6.45, 7) is 0. The van der Waals surface area contributed by atoms with Crippen LogP contribution in [0.25, 0.3) is 0 Å². The summed E-state index contributed by atoms with van der Waals surface area (Å²) in [4.78, 5) is 3.95. The van der Waals surface area contributed by atoms with Crippen molar-refractivity contribution in [3.8, 4) is 0 Å². The summed E-state index contributed by atoms with van der Waals surface area (Å²) < 4.78 is 0. The van der Waals surface area contributed by atoms with Gasteiger partial charge in [0.25, 0.3) is 0 Å². The Labute approximate surface area is 53.5 Å². The lowest BCUT2D eigenvalue weighted by atomic mass is 9.85. The number of nitrogens with zero attached hydrogens (tertiary/aromatic N) is 2. The molecule has 3 nitrogen and oxygen atoms in total. The Kier molecular flexibility index (Phi) is 1.01. The van der Waals surface area contributed by atoms with Crippen LogP contribution in [0.2, 0.25) is 0 Å². The molecule has 1 aliphatic carbocycles. The third-order valence-electron chi connectivity index (χ3n) is 1.86. The van der Waals surface area contributed by atoms with Gasteiger partial charge in [-0.05, 0) is 12.8 Å². The van der Waals surface area contributed by atoms with Gasteiger partial charge in [0.15, 0.2) is 12.2 Å². The number of nitrogens with one attached hydrogen (secondary N) is 1. The van der Waals surface area contributed by atoms with Crippen LogP contribution in [0, 0.1) is 6.33 Å². The minimum Gasteiger partial charge on any atom is -0.256 e. The van der Waals surface area contributed by atoms with E-state index in [1.54, 1.807) is 0 Å². The van der Waals surface area contributed by atoms with Crippen LogP contribution < -0.4 is 0 Å². The van der Waals surface area contributed by atoms with Crippen LogP contribution in [0.5, 0.6) is 0 Å². The molecule has 1 heterocycles. The molecule has 0 amide bonds. The van der Waals surface area contributed by atoms with Crippen molar-refractivity contribution < 1.29 is 0 Å². The second kappa shape index (κ2) is 1.83. The van der Waals surface area contributed by atoms with Gasteiger partial charge in [0, 0.05) is 5.92 Å². The fraction of sp³-hybridized carbons (Fsp3) is 0.667. The number of hydrogen-bond acceptors (Lipinski definition) is 2. The predicted octanol–water partition coefficient (Wildman–Crippen LogP) is 0.872. The van der Waals surface area contributed by atoms with Crippen molar-refractivity contribution in [2.75, 3.05) is 0 Å². The summed E-state index contributed by atoms with van der Waals surface area (Å²) >= 11 is 0. The van der Waals surface area contributed by atoms with E-state index >= 15 is 0 Å². The molecule has 1 saturated carbocycles. The molecule has 0 atom stereocenters. The maximum atomic E-state index is 3.95. The Hall–Kier alpha value is -0.860. The topological polar surface area (TPSA) is 41.6 Å². The van der Waals surface area contributed by atoms with E-state index in [1.165, 1.54) is 19.3 Å². The van der Waals surface area contributed by atoms with E-state index in [1.807, 2.05) is 0 Å². The standard InChI is InChI=1S/C6H8N3/c1-2-5(3-1)6-7-4-8-9-6/h5H,1-3H2,(H,7,8,9). The second-order valence-corrected chi connectivity index (χ2v) is 2.43. The van der Waals surface area contributed by atoms with Crippen molar-refractivity contribution in [2.24, 2.45) is 0 Å². The molecule has 0 bridgehead atoms. The van der Waals surface area contributed by atoms with Gasteiger partial charge in [0.05, 0.1) is 0 Å². The molecular weight excluding hydrogens is 114 g/mol. The van der Waals surface area contributed by atoms with Gasteiger partial charge in [0.2, 0.25) is 0 Å². The second-order valence-electron chi connectivity index (χ2n) is 2.43. The van der Waals surface area contributed by atoms with Crippen molar-refractivity contribution in [1.29, 1.82) is 0 Å². The lowest BCUT2D eigenvalue weighted by molar-refractivity contribution is 0.402. The number of hydrogen-bond donors (Lipinski definition) is 1. The van der Waals surface area contributed by atoms with Crippen LogP contribution in [0.4, 0.5) is 0 Å². The predicted molar refractivity (Wildman–Crippen MR) is 31.8 cm³/mol. The Morgan fingerprint density at radius 2 is 2.44 bits per heavy atom. The first-order chi connectivity index (χ1) is 4.47. The third-order valence-corrected chi connectivity index (χ3v) is 1.86. The number of aromatic nitrogens is 3. The van der Waals surface area contributed by atoms with Crippen LogP contribution in [0.3, 0.4) is 0 Å². The highest BCUT2D eigenvalue weighted by Gasteiger charge is 2.22. The molecule has 0 aliphatic heterocycles. The van der Waals surface area contributed by atoms with Crippen molar-refractivity contribution in [1.82, 2.24) is 15.2 Å². The summed E-state index contributed by atoms with van der Waals surface area (Å²) in [5, 5.41) is 6.54. The summed E-state index contributed by atoms with van der Waals surface area (Å²) in [5.74, 6) is 1.58. The Bertz CT molecular complexity index is 176. The Morgan fingerprint density at radius 1 is 1.56 bits per heavy atom. The maximum absolute atomic E-state index is 3.95. The van der Waals surface area contributed by atoms with E-state index < -0.39 is 0 Å². The highest BCUT2D eigenvalue weighted by atomic mass is 15.2. The van der Waals surface area contributed by atoms with Gasteiger partial charge in [-0.1, -0.05) is 6.42 Å². The zero-order valence-electron chi connectivity index (χ0n) is 5.09. The average Bonchev–Trinajstić information content (AvgIpc) is 2.11. The summed E-state index contributed by atoms with van der Waals surface area (Å²) in [6.07, 6.45) is 6.44. The molecule has 3 heteroatoms. The largest absolute Gasteiger partial charge is 0.256 e. The van der Waals surface area contributed by atoms with Gasteiger partial charge in [-0.15, -0.1) is 0 Å². The third kappa shape index (κ3) is 0.724. The van der Waals surface area contributed by atoms with Gasteiger partial charge >= 0.3 is 0 Å². The number of rotatable bonds is 1. The minimum absolute atomic E-state index is 0.632. The minimum atomic E-state index is 0.632. The highest BCUT2D eigenvalue weighted by molar-refractivity contribution is 4.96. The van der Waals surface area contributed by atoms with Gasteiger partial charge in [-0.25, -0.2) is 4.98 Å². The molecular formula is C6H8N3. The normalized spacial score (nSPS) is 19.6. The molecule has 0 unspecified atom stereocenters. The van der Waals surface area contributed by atoms with Crippen molar-refractivity contribution in [3.05, 3.63) is 12.2 Å². The van der Waals surface area contributed by atoms with Crippen LogP contribution in [0.15, 0.2) is 0 Å². The number of aromatic amines is 1. The first-order valence-electron chi connectivity index (χ1n) is 3.25. The van der Waals surface area contributed by atoms with Crippen LogP contribution in [-0.4, -0.2) is 15.2 Å². The van der Waals surface area contributed by atoms with E-state index in [4.69, 9.17) is 0 Å². The van der Waals surface area contributed by atoms with Crippen molar-refractivity contribution in [2.45, 2.75) is 25.2 Å². The van der Waals surface area contributed by atoms with E-state index in [2.05, 4.69) is 21.5 Å². The molecule has 1 aliphatic rings. The molecule has 1 fully saturated rings. The smallest absolute Gasteiger partial charge is 0.193 e. The van der Waals surface area contributed by atoms with E-state index in [-0.39, 0.29) is 0 Å². The van der Waals surface area contributed by atoms with Gasteiger partial charge in [-0.2, -0.15) is 5.10 Å². The van der Waals surface area contributed by atoms with E-state index in [0.29, 0.717) is 5.92 Å². The van der Waals surface area contributed by atoms with Crippen LogP contribution in [-0.2, 0) is 0 Å². The first kappa shape index (κ1) is 4.97. The quantitative estimate of drug-likeness (QED) is 0.600. The molecule has 2 rings (SSSR count). The molecule has 9 heavy (non-hydrogen) atoms. The molecule has 47 valence electrons. The lowest BCUT2D eigenvalue weighted by Gasteiger charge is -2.21. The average molecular weight is 122 g/mol. The summed E-state index contributed by atoms with van der Waals surface area (Å²) in [5.41, 5.74) is 0. The maximum Gasteiger partial charge on any atom is 0.193 e.